The lowest BCUT2D eigenvalue weighted by molar-refractivity contribution is 0.0783. The SMILES string of the molecule is Cc1cn2c(CN(C)C(=O)c3ccc(-n4cccc4)cc3)c(C)nc2s1. The summed E-state index contributed by atoms with van der Waals surface area (Å²) in [5.41, 5.74) is 3.75. The van der Waals surface area contributed by atoms with Gasteiger partial charge in [0, 0.05) is 41.8 Å². The molecule has 1 aromatic carbocycles. The highest BCUT2D eigenvalue weighted by Gasteiger charge is 2.17. The Morgan fingerprint density at radius 2 is 1.85 bits per heavy atom. The average molecular weight is 364 g/mol. The minimum atomic E-state index is 0.00496. The summed E-state index contributed by atoms with van der Waals surface area (Å²) in [6.07, 6.45) is 6.05. The number of fused-ring (bicyclic) bond motifs is 1. The number of hydrogen-bond acceptors (Lipinski definition) is 3. The molecule has 4 rings (SSSR count). The predicted molar refractivity (Wildman–Crippen MR) is 104 cm³/mol. The van der Waals surface area contributed by atoms with Gasteiger partial charge in [0.1, 0.15) is 0 Å². The van der Waals surface area contributed by atoms with Crippen LogP contribution in [0, 0.1) is 13.8 Å². The molecule has 0 aliphatic rings. The number of rotatable bonds is 4. The predicted octanol–water partition coefficient (Wildman–Crippen LogP) is 4.08. The normalized spacial score (nSPS) is 11.2. The van der Waals surface area contributed by atoms with Crippen molar-refractivity contribution in [1.29, 1.82) is 0 Å². The van der Waals surface area contributed by atoms with E-state index in [-0.39, 0.29) is 5.91 Å². The quantitative estimate of drug-likeness (QED) is 0.548. The van der Waals surface area contributed by atoms with E-state index in [1.807, 2.05) is 67.3 Å². The van der Waals surface area contributed by atoms with Crippen molar-refractivity contribution in [1.82, 2.24) is 18.9 Å². The molecule has 0 saturated heterocycles. The number of aromatic nitrogens is 3. The molecule has 0 unspecified atom stereocenters. The number of benzene rings is 1. The standard InChI is InChI=1S/C20H20N4OS/c1-14-12-24-18(15(2)21-20(24)26-14)13-22(3)19(25)16-6-8-17(9-7-16)23-10-4-5-11-23/h4-12H,13H2,1-3H3. The molecule has 6 heteroatoms. The first kappa shape index (κ1) is 16.6. The van der Waals surface area contributed by atoms with Crippen molar-refractivity contribution in [3.8, 4) is 5.69 Å². The molecule has 5 nitrogen and oxygen atoms in total. The largest absolute Gasteiger partial charge is 0.336 e. The molecule has 26 heavy (non-hydrogen) atoms. The van der Waals surface area contributed by atoms with Gasteiger partial charge in [-0.05, 0) is 50.2 Å². The molecule has 3 aromatic heterocycles. The van der Waals surface area contributed by atoms with Gasteiger partial charge in [0.05, 0.1) is 17.9 Å². The van der Waals surface area contributed by atoms with Crippen molar-refractivity contribution in [2.45, 2.75) is 20.4 Å². The van der Waals surface area contributed by atoms with Gasteiger partial charge < -0.3 is 9.47 Å². The first-order chi connectivity index (χ1) is 12.5. The van der Waals surface area contributed by atoms with E-state index >= 15 is 0 Å². The van der Waals surface area contributed by atoms with Crippen molar-refractivity contribution in [3.05, 3.63) is 76.8 Å². The average Bonchev–Trinajstić information content (AvgIpc) is 3.33. The summed E-state index contributed by atoms with van der Waals surface area (Å²) < 4.78 is 4.11. The highest BCUT2D eigenvalue weighted by molar-refractivity contribution is 7.17. The second-order valence-electron chi connectivity index (χ2n) is 6.44. The van der Waals surface area contributed by atoms with Crippen molar-refractivity contribution >= 4 is 22.2 Å². The molecule has 0 N–H and O–H groups in total. The Balaban J connectivity index is 1.55. The molecular formula is C20H20N4OS. The number of aryl methyl sites for hydroxylation is 2. The number of hydrogen-bond donors (Lipinski definition) is 0. The maximum atomic E-state index is 12.8. The fourth-order valence-electron chi connectivity index (χ4n) is 3.10. The third kappa shape index (κ3) is 2.93. The zero-order chi connectivity index (χ0) is 18.3. The molecule has 0 aliphatic carbocycles. The van der Waals surface area contributed by atoms with Crippen LogP contribution < -0.4 is 0 Å². The molecular weight excluding hydrogens is 344 g/mol. The van der Waals surface area contributed by atoms with Gasteiger partial charge in [0.25, 0.3) is 5.91 Å². The van der Waals surface area contributed by atoms with E-state index in [0.29, 0.717) is 12.1 Å². The molecule has 0 radical (unpaired) electrons. The summed E-state index contributed by atoms with van der Waals surface area (Å²) in [4.78, 5) is 21.3. The molecule has 0 spiro atoms. The number of imidazole rings is 1. The monoisotopic (exact) mass is 364 g/mol. The molecule has 0 saturated carbocycles. The van der Waals surface area contributed by atoms with Crippen LogP contribution in [0.15, 0.2) is 55.0 Å². The van der Waals surface area contributed by atoms with Crippen molar-refractivity contribution in [2.24, 2.45) is 0 Å². The molecule has 132 valence electrons. The van der Waals surface area contributed by atoms with Crippen LogP contribution in [0.2, 0.25) is 0 Å². The number of thiazole rings is 1. The third-order valence-electron chi connectivity index (χ3n) is 4.49. The summed E-state index contributed by atoms with van der Waals surface area (Å²) in [6, 6.07) is 11.6. The van der Waals surface area contributed by atoms with Gasteiger partial charge in [0.2, 0.25) is 0 Å². The lowest BCUT2D eigenvalue weighted by atomic mass is 10.1. The first-order valence-corrected chi connectivity index (χ1v) is 9.27. The number of carbonyl (C=O) groups is 1. The van der Waals surface area contributed by atoms with Gasteiger partial charge in [-0.25, -0.2) is 4.98 Å². The Morgan fingerprint density at radius 3 is 2.54 bits per heavy atom. The Labute approximate surface area is 156 Å². The van der Waals surface area contributed by atoms with Gasteiger partial charge in [-0.2, -0.15) is 0 Å². The fraction of sp³-hybridized carbons (Fsp3) is 0.200. The minimum Gasteiger partial charge on any atom is -0.336 e. The van der Waals surface area contributed by atoms with Crippen molar-refractivity contribution in [2.75, 3.05) is 7.05 Å². The first-order valence-electron chi connectivity index (χ1n) is 8.46. The maximum Gasteiger partial charge on any atom is 0.253 e. The van der Waals surface area contributed by atoms with Crippen LogP contribution in [0.3, 0.4) is 0 Å². The van der Waals surface area contributed by atoms with E-state index in [2.05, 4.69) is 22.5 Å². The molecule has 3 heterocycles. The number of nitrogens with zero attached hydrogens (tertiary/aromatic N) is 4. The maximum absolute atomic E-state index is 12.8. The highest BCUT2D eigenvalue weighted by Crippen LogP contribution is 2.22. The minimum absolute atomic E-state index is 0.00496. The van der Waals surface area contributed by atoms with E-state index in [1.165, 1.54) is 4.88 Å². The van der Waals surface area contributed by atoms with Crippen LogP contribution in [0.4, 0.5) is 0 Å². The fourth-order valence-corrected chi connectivity index (χ4v) is 3.99. The second kappa shape index (κ2) is 6.46. The topological polar surface area (TPSA) is 42.5 Å². The Morgan fingerprint density at radius 1 is 1.15 bits per heavy atom. The molecule has 0 atom stereocenters. The van der Waals surface area contributed by atoms with Crippen LogP contribution in [0.5, 0.6) is 0 Å². The van der Waals surface area contributed by atoms with E-state index in [0.717, 1.165) is 22.0 Å². The summed E-state index contributed by atoms with van der Waals surface area (Å²) in [5.74, 6) is 0.00496. The van der Waals surface area contributed by atoms with Crippen LogP contribution in [-0.2, 0) is 6.54 Å². The Kier molecular flexibility index (Phi) is 4.12. The van der Waals surface area contributed by atoms with Gasteiger partial charge in [-0.15, -0.1) is 11.3 Å². The third-order valence-corrected chi connectivity index (χ3v) is 5.39. The Bertz CT molecular complexity index is 1060. The summed E-state index contributed by atoms with van der Waals surface area (Å²) in [5, 5.41) is 0. The number of carbonyl (C=O) groups excluding carboxylic acids is 1. The van der Waals surface area contributed by atoms with E-state index in [1.54, 1.807) is 16.2 Å². The smallest absolute Gasteiger partial charge is 0.253 e. The lowest BCUT2D eigenvalue weighted by Gasteiger charge is -2.17. The van der Waals surface area contributed by atoms with Gasteiger partial charge in [-0.1, -0.05) is 0 Å². The molecule has 4 aromatic rings. The second-order valence-corrected chi connectivity index (χ2v) is 7.65. The lowest BCUT2D eigenvalue weighted by Crippen LogP contribution is -2.27. The highest BCUT2D eigenvalue weighted by atomic mass is 32.1. The van der Waals surface area contributed by atoms with Crippen molar-refractivity contribution < 1.29 is 4.79 Å². The molecule has 0 fully saturated rings. The van der Waals surface area contributed by atoms with Crippen LogP contribution >= 0.6 is 11.3 Å². The summed E-state index contributed by atoms with van der Waals surface area (Å²) in [7, 11) is 1.83. The number of amides is 1. The summed E-state index contributed by atoms with van der Waals surface area (Å²) >= 11 is 1.67. The Hall–Kier alpha value is -2.86. The van der Waals surface area contributed by atoms with Gasteiger partial charge in [0.15, 0.2) is 4.96 Å². The zero-order valence-corrected chi connectivity index (χ0v) is 15.8. The van der Waals surface area contributed by atoms with Crippen LogP contribution in [-0.4, -0.2) is 31.8 Å². The van der Waals surface area contributed by atoms with Gasteiger partial charge in [-0.3, -0.25) is 9.20 Å². The summed E-state index contributed by atoms with van der Waals surface area (Å²) in [6.45, 7) is 4.59. The van der Waals surface area contributed by atoms with Crippen molar-refractivity contribution in [3.63, 3.8) is 0 Å². The van der Waals surface area contributed by atoms with E-state index in [9.17, 15) is 4.79 Å². The van der Waals surface area contributed by atoms with E-state index in [4.69, 9.17) is 0 Å². The molecule has 0 aliphatic heterocycles. The zero-order valence-electron chi connectivity index (χ0n) is 15.0. The van der Waals surface area contributed by atoms with Gasteiger partial charge >= 0.3 is 0 Å². The van der Waals surface area contributed by atoms with Crippen LogP contribution in [0.25, 0.3) is 10.6 Å². The van der Waals surface area contributed by atoms with E-state index < -0.39 is 0 Å². The molecule has 1 amide bonds. The van der Waals surface area contributed by atoms with Crippen LogP contribution in [0.1, 0.15) is 26.6 Å². The molecule has 0 bridgehead atoms.